The van der Waals surface area contributed by atoms with Gasteiger partial charge in [0.1, 0.15) is 6.10 Å². The van der Waals surface area contributed by atoms with Crippen molar-refractivity contribution in [2.45, 2.75) is 39.8 Å². The number of nitrogens with zero attached hydrogens (tertiary/aromatic N) is 3. The third kappa shape index (κ3) is 1.91. The van der Waals surface area contributed by atoms with Gasteiger partial charge in [-0.15, -0.1) is 10.2 Å². The highest BCUT2D eigenvalue weighted by molar-refractivity contribution is 5.26. The Kier molecular flexibility index (Phi) is 3.43. The van der Waals surface area contributed by atoms with Crippen LogP contribution in [0.5, 0.6) is 0 Å². The van der Waals surface area contributed by atoms with Crippen molar-refractivity contribution >= 4 is 5.95 Å². The summed E-state index contributed by atoms with van der Waals surface area (Å²) in [5.74, 6) is 2.34. The van der Waals surface area contributed by atoms with E-state index in [2.05, 4.69) is 40.9 Å². The summed E-state index contributed by atoms with van der Waals surface area (Å²) >= 11 is 0. The molecule has 1 saturated heterocycles. The molecule has 0 bridgehead atoms. The standard InChI is InChI=1S/C11H20N4O/c1-4-12-11-14-13-10(15(11)5-2)9-8(3)6-7-16-9/h8-9H,4-7H2,1-3H3,(H,12,14). The zero-order valence-electron chi connectivity index (χ0n) is 10.2. The molecule has 90 valence electrons. The molecule has 1 aromatic heterocycles. The highest BCUT2D eigenvalue weighted by atomic mass is 16.5. The number of ether oxygens (including phenoxy) is 1. The van der Waals surface area contributed by atoms with Gasteiger partial charge in [0.05, 0.1) is 0 Å². The topological polar surface area (TPSA) is 52.0 Å². The number of rotatable bonds is 4. The van der Waals surface area contributed by atoms with Crippen molar-refractivity contribution in [3.8, 4) is 0 Å². The Hall–Kier alpha value is -1.10. The molecule has 1 aliphatic heterocycles. The molecule has 2 unspecified atom stereocenters. The summed E-state index contributed by atoms with van der Waals surface area (Å²) in [4.78, 5) is 0. The van der Waals surface area contributed by atoms with E-state index in [1.54, 1.807) is 0 Å². The van der Waals surface area contributed by atoms with Crippen LogP contribution in [0.3, 0.4) is 0 Å². The lowest BCUT2D eigenvalue weighted by Crippen LogP contribution is -2.14. The summed E-state index contributed by atoms with van der Waals surface area (Å²) in [7, 11) is 0. The smallest absolute Gasteiger partial charge is 0.224 e. The summed E-state index contributed by atoms with van der Waals surface area (Å²) in [6, 6.07) is 0. The molecule has 5 nitrogen and oxygen atoms in total. The lowest BCUT2D eigenvalue weighted by atomic mass is 10.0. The fourth-order valence-corrected chi connectivity index (χ4v) is 2.15. The third-order valence-corrected chi connectivity index (χ3v) is 3.07. The molecule has 0 spiro atoms. The number of hydrogen-bond acceptors (Lipinski definition) is 4. The molecule has 0 aliphatic carbocycles. The largest absolute Gasteiger partial charge is 0.370 e. The van der Waals surface area contributed by atoms with Crippen LogP contribution in [0.2, 0.25) is 0 Å². The van der Waals surface area contributed by atoms with E-state index in [0.29, 0.717) is 5.92 Å². The Bertz CT molecular complexity index is 350. The molecule has 1 aliphatic rings. The summed E-state index contributed by atoms with van der Waals surface area (Å²) in [6.45, 7) is 8.94. The molecule has 1 fully saturated rings. The van der Waals surface area contributed by atoms with Gasteiger partial charge in [-0.25, -0.2) is 0 Å². The first-order chi connectivity index (χ1) is 7.77. The Morgan fingerprint density at radius 2 is 2.25 bits per heavy atom. The van der Waals surface area contributed by atoms with Crippen molar-refractivity contribution in [3.63, 3.8) is 0 Å². The van der Waals surface area contributed by atoms with Crippen LogP contribution in [0.1, 0.15) is 39.1 Å². The molecular weight excluding hydrogens is 204 g/mol. The molecule has 2 heterocycles. The SMILES string of the molecule is CCNc1nnc(C2OCCC2C)n1CC. The van der Waals surface area contributed by atoms with Gasteiger partial charge >= 0.3 is 0 Å². The van der Waals surface area contributed by atoms with Crippen LogP contribution in [0, 0.1) is 5.92 Å². The summed E-state index contributed by atoms with van der Waals surface area (Å²) in [6.07, 6.45) is 1.22. The minimum atomic E-state index is 0.111. The van der Waals surface area contributed by atoms with Crippen LogP contribution in [0.15, 0.2) is 0 Å². The lowest BCUT2D eigenvalue weighted by molar-refractivity contribution is 0.0842. The van der Waals surface area contributed by atoms with Gasteiger partial charge in [0.2, 0.25) is 5.95 Å². The zero-order valence-corrected chi connectivity index (χ0v) is 10.2. The molecule has 0 radical (unpaired) electrons. The first-order valence-electron chi connectivity index (χ1n) is 6.06. The number of aromatic nitrogens is 3. The molecule has 1 aromatic rings. The minimum Gasteiger partial charge on any atom is -0.370 e. The number of anilines is 1. The van der Waals surface area contributed by atoms with E-state index in [-0.39, 0.29) is 6.10 Å². The van der Waals surface area contributed by atoms with E-state index in [0.717, 1.165) is 37.9 Å². The first-order valence-corrected chi connectivity index (χ1v) is 6.06. The lowest BCUT2D eigenvalue weighted by Gasteiger charge is -2.15. The van der Waals surface area contributed by atoms with E-state index in [4.69, 9.17) is 4.74 Å². The maximum Gasteiger partial charge on any atom is 0.224 e. The van der Waals surface area contributed by atoms with Gasteiger partial charge in [0.15, 0.2) is 5.82 Å². The molecule has 5 heteroatoms. The molecule has 1 N–H and O–H groups in total. The highest BCUT2D eigenvalue weighted by Crippen LogP contribution is 2.33. The van der Waals surface area contributed by atoms with Crippen LogP contribution < -0.4 is 5.32 Å². The van der Waals surface area contributed by atoms with Gasteiger partial charge < -0.3 is 10.1 Å². The zero-order chi connectivity index (χ0) is 11.5. The van der Waals surface area contributed by atoms with Crippen LogP contribution >= 0.6 is 0 Å². The van der Waals surface area contributed by atoms with Crippen LogP contribution in [0.4, 0.5) is 5.95 Å². The number of hydrogen-bond donors (Lipinski definition) is 1. The summed E-state index contributed by atoms with van der Waals surface area (Å²) < 4.78 is 7.84. The van der Waals surface area contributed by atoms with Crippen molar-refractivity contribution in [2.24, 2.45) is 5.92 Å². The van der Waals surface area contributed by atoms with Gasteiger partial charge in [-0.3, -0.25) is 4.57 Å². The molecule has 16 heavy (non-hydrogen) atoms. The molecule has 2 rings (SSSR count). The molecule has 0 aromatic carbocycles. The van der Waals surface area contributed by atoms with Gasteiger partial charge in [-0.2, -0.15) is 0 Å². The Morgan fingerprint density at radius 3 is 2.81 bits per heavy atom. The van der Waals surface area contributed by atoms with Crippen LogP contribution in [-0.2, 0) is 11.3 Å². The predicted octanol–water partition coefficient (Wildman–Crippen LogP) is 1.83. The second kappa shape index (κ2) is 4.82. The van der Waals surface area contributed by atoms with E-state index < -0.39 is 0 Å². The quantitative estimate of drug-likeness (QED) is 0.847. The maximum absolute atomic E-state index is 5.73. The third-order valence-electron chi connectivity index (χ3n) is 3.07. The fourth-order valence-electron chi connectivity index (χ4n) is 2.15. The van der Waals surface area contributed by atoms with E-state index in [9.17, 15) is 0 Å². The first kappa shape index (κ1) is 11.4. The highest BCUT2D eigenvalue weighted by Gasteiger charge is 2.30. The average molecular weight is 224 g/mol. The monoisotopic (exact) mass is 224 g/mol. The van der Waals surface area contributed by atoms with E-state index in [1.807, 2.05) is 0 Å². The van der Waals surface area contributed by atoms with Crippen molar-refractivity contribution in [3.05, 3.63) is 5.82 Å². The van der Waals surface area contributed by atoms with Gasteiger partial charge in [0, 0.05) is 19.7 Å². The molecule has 0 amide bonds. The Balaban J connectivity index is 2.26. The van der Waals surface area contributed by atoms with Crippen LogP contribution in [-0.4, -0.2) is 27.9 Å². The molecule has 2 atom stereocenters. The summed E-state index contributed by atoms with van der Waals surface area (Å²) in [5, 5.41) is 11.7. The van der Waals surface area contributed by atoms with Crippen molar-refractivity contribution in [1.82, 2.24) is 14.8 Å². The second-order valence-electron chi connectivity index (χ2n) is 4.21. The fraction of sp³-hybridized carbons (Fsp3) is 0.818. The van der Waals surface area contributed by atoms with Crippen molar-refractivity contribution in [2.75, 3.05) is 18.5 Å². The molecular formula is C11H20N4O. The van der Waals surface area contributed by atoms with Gasteiger partial charge in [0.25, 0.3) is 0 Å². The minimum absolute atomic E-state index is 0.111. The Morgan fingerprint density at radius 1 is 1.44 bits per heavy atom. The maximum atomic E-state index is 5.73. The normalized spacial score (nSPS) is 24.9. The van der Waals surface area contributed by atoms with Gasteiger partial charge in [-0.1, -0.05) is 6.92 Å². The predicted molar refractivity (Wildman–Crippen MR) is 62.3 cm³/mol. The average Bonchev–Trinajstić information content (AvgIpc) is 2.84. The van der Waals surface area contributed by atoms with Crippen LogP contribution in [0.25, 0.3) is 0 Å². The molecule has 0 saturated carbocycles. The summed E-state index contributed by atoms with van der Waals surface area (Å²) in [5.41, 5.74) is 0. The van der Waals surface area contributed by atoms with Gasteiger partial charge in [-0.05, 0) is 26.2 Å². The number of nitrogens with one attached hydrogen (secondary N) is 1. The van der Waals surface area contributed by atoms with Crippen molar-refractivity contribution in [1.29, 1.82) is 0 Å². The second-order valence-corrected chi connectivity index (χ2v) is 4.21. The van der Waals surface area contributed by atoms with E-state index >= 15 is 0 Å². The van der Waals surface area contributed by atoms with E-state index in [1.165, 1.54) is 0 Å². The van der Waals surface area contributed by atoms with Crippen molar-refractivity contribution < 1.29 is 4.74 Å². The Labute approximate surface area is 96.2 Å².